The molecular formula is C27H32N2O4. The van der Waals surface area contributed by atoms with E-state index in [9.17, 15) is 9.90 Å². The molecule has 4 aliphatic rings. The number of nitrogens with zero attached hydrogens (tertiary/aromatic N) is 1. The van der Waals surface area contributed by atoms with E-state index in [1.807, 2.05) is 36.4 Å². The Bertz CT molecular complexity index is 1010. The minimum atomic E-state index is -1.43. The van der Waals surface area contributed by atoms with Crippen LogP contribution in [0.5, 0.6) is 11.5 Å². The van der Waals surface area contributed by atoms with Gasteiger partial charge in [0.2, 0.25) is 0 Å². The van der Waals surface area contributed by atoms with Gasteiger partial charge in [-0.3, -0.25) is 9.69 Å². The maximum Gasteiger partial charge on any atom is 0.257 e. The molecule has 3 atom stereocenters. The molecule has 0 bridgehead atoms. The zero-order valence-electron chi connectivity index (χ0n) is 18.9. The fraction of sp³-hybridized carbons (Fsp3) is 0.519. The number of aliphatic hydroxyl groups is 1. The molecule has 2 aromatic carbocycles. The van der Waals surface area contributed by atoms with E-state index in [1.165, 1.54) is 5.56 Å². The lowest BCUT2D eigenvalue weighted by Crippen LogP contribution is -2.50. The summed E-state index contributed by atoms with van der Waals surface area (Å²) < 4.78 is 11.3. The normalized spacial score (nSPS) is 28.2. The molecule has 3 unspecified atom stereocenters. The number of carbonyl (C=O) groups excluding carboxylic acids is 1. The summed E-state index contributed by atoms with van der Waals surface area (Å²) >= 11 is 0. The topological polar surface area (TPSA) is 71.0 Å². The maximum atomic E-state index is 13.4. The first kappa shape index (κ1) is 21.0. The van der Waals surface area contributed by atoms with E-state index >= 15 is 0 Å². The molecule has 174 valence electrons. The summed E-state index contributed by atoms with van der Waals surface area (Å²) in [5, 5.41) is 14.9. The van der Waals surface area contributed by atoms with Gasteiger partial charge in [-0.2, -0.15) is 0 Å². The molecule has 6 heteroatoms. The highest BCUT2D eigenvalue weighted by Gasteiger charge is 2.58. The van der Waals surface area contributed by atoms with Gasteiger partial charge < -0.3 is 19.9 Å². The molecule has 0 aromatic heterocycles. The molecule has 0 spiro atoms. The third-order valence-corrected chi connectivity index (χ3v) is 8.09. The van der Waals surface area contributed by atoms with Gasteiger partial charge in [0.25, 0.3) is 5.91 Å². The average Bonchev–Trinajstić information content (AvgIpc) is 3.26. The first-order chi connectivity index (χ1) is 16.1. The molecule has 2 saturated carbocycles. The van der Waals surface area contributed by atoms with Gasteiger partial charge in [0, 0.05) is 31.6 Å². The molecule has 2 N–H and O–H groups in total. The Morgan fingerprint density at radius 3 is 2.42 bits per heavy atom. The van der Waals surface area contributed by atoms with Crippen molar-refractivity contribution >= 4 is 5.91 Å². The van der Waals surface area contributed by atoms with E-state index in [-0.39, 0.29) is 17.9 Å². The quantitative estimate of drug-likeness (QED) is 0.711. The summed E-state index contributed by atoms with van der Waals surface area (Å²) in [6.07, 6.45) is 3.96. The van der Waals surface area contributed by atoms with Gasteiger partial charge >= 0.3 is 0 Å². The van der Waals surface area contributed by atoms with Crippen LogP contribution in [0.15, 0.2) is 48.5 Å². The molecular weight excluding hydrogens is 416 g/mol. The summed E-state index contributed by atoms with van der Waals surface area (Å²) in [6, 6.07) is 15.9. The Morgan fingerprint density at radius 1 is 1.00 bits per heavy atom. The van der Waals surface area contributed by atoms with Crippen LogP contribution in [0.4, 0.5) is 0 Å². The van der Waals surface area contributed by atoms with Gasteiger partial charge in [0.15, 0.2) is 17.1 Å². The number of hydrogen-bond donors (Lipinski definition) is 2. The van der Waals surface area contributed by atoms with Crippen LogP contribution in [0.2, 0.25) is 0 Å². The van der Waals surface area contributed by atoms with Crippen LogP contribution < -0.4 is 14.8 Å². The second-order valence-electron chi connectivity index (χ2n) is 10.1. The zero-order chi connectivity index (χ0) is 22.4. The summed E-state index contributed by atoms with van der Waals surface area (Å²) in [6.45, 7) is 4.02. The molecule has 1 amide bonds. The van der Waals surface area contributed by atoms with E-state index in [0.717, 1.165) is 62.4 Å². The average molecular weight is 449 g/mol. The van der Waals surface area contributed by atoms with Crippen LogP contribution in [0.1, 0.15) is 36.8 Å². The third kappa shape index (κ3) is 3.79. The van der Waals surface area contributed by atoms with Crippen LogP contribution in [0.3, 0.4) is 0 Å². The minimum Gasteiger partial charge on any atom is -0.486 e. The fourth-order valence-corrected chi connectivity index (χ4v) is 6.25. The molecule has 33 heavy (non-hydrogen) atoms. The predicted octanol–water partition coefficient (Wildman–Crippen LogP) is 3.08. The third-order valence-electron chi connectivity index (χ3n) is 8.09. The van der Waals surface area contributed by atoms with Crippen LogP contribution >= 0.6 is 0 Å². The number of hydrogen-bond acceptors (Lipinski definition) is 5. The number of ether oxygens (including phenoxy) is 2. The van der Waals surface area contributed by atoms with Crippen molar-refractivity contribution in [3.05, 3.63) is 59.7 Å². The molecule has 6 rings (SSSR count). The largest absolute Gasteiger partial charge is 0.486 e. The first-order valence-corrected chi connectivity index (χ1v) is 12.3. The summed E-state index contributed by atoms with van der Waals surface area (Å²) in [7, 11) is 0. The van der Waals surface area contributed by atoms with Crippen molar-refractivity contribution in [2.24, 2.45) is 17.8 Å². The maximum absolute atomic E-state index is 13.4. The van der Waals surface area contributed by atoms with Crippen molar-refractivity contribution < 1.29 is 19.4 Å². The number of likely N-dealkylation sites (tertiary alicyclic amines) is 1. The lowest BCUT2D eigenvalue weighted by molar-refractivity contribution is -0.147. The standard InChI is InChI=1S/C27H32N2O4/c30-26(27(31,20-8-4-5-9-20)19-6-2-1-3-7-19)28-25-21-16-29(17-22(21)25)15-18-10-11-23-24(14-18)33-13-12-32-23/h1-3,6-7,10-11,14,20-22,25,31H,4-5,8-9,12-13,15-17H2,(H,28,30). The van der Waals surface area contributed by atoms with Crippen molar-refractivity contribution in [3.8, 4) is 11.5 Å². The van der Waals surface area contributed by atoms with E-state index in [2.05, 4.69) is 22.3 Å². The van der Waals surface area contributed by atoms with Gasteiger partial charge in [-0.25, -0.2) is 0 Å². The minimum absolute atomic E-state index is 0.00908. The lowest BCUT2D eigenvalue weighted by Gasteiger charge is -2.33. The van der Waals surface area contributed by atoms with Crippen LogP contribution in [-0.4, -0.2) is 48.3 Å². The fourth-order valence-electron chi connectivity index (χ4n) is 6.25. The molecule has 2 aromatic rings. The van der Waals surface area contributed by atoms with Gasteiger partial charge in [-0.15, -0.1) is 0 Å². The highest BCUT2D eigenvalue weighted by molar-refractivity contribution is 5.87. The van der Waals surface area contributed by atoms with E-state index < -0.39 is 5.60 Å². The van der Waals surface area contributed by atoms with Crippen LogP contribution in [0, 0.1) is 17.8 Å². The van der Waals surface area contributed by atoms with E-state index in [1.54, 1.807) is 0 Å². The molecule has 6 nitrogen and oxygen atoms in total. The number of amides is 1. The second kappa shape index (κ2) is 8.33. The van der Waals surface area contributed by atoms with Crippen molar-refractivity contribution in [2.75, 3.05) is 26.3 Å². The highest BCUT2D eigenvalue weighted by atomic mass is 16.6. The Morgan fingerprint density at radius 2 is 1.70 bits per heavy atom. The number of nitrogens with one attached hydrogen (secondary N) is 1. The predicted molar refractivity (Wildman–Crippen MR) is 124 cm³/mol. The monoisotopic (exact) mass is 448 g/mol. The number of rotatable bonds is 6. The summed E-state index contributed by atoms with van der Waals surface area (Å²) in [5.74, 6) is 2.37. The van der Waals surface area contributed by atoms with Gasteiger partial charge in [0.05, 0.1) is 0 Å². The molecule has 3 fully saturated rings. The van der Waals surface area contributed by atoms with Crippen molar-refractivity contribution in [2.45, 2.75) is 43.9 Å². The SMILES string of the molecule is O=C(NC1C2CN(Cc3ccc4c(c3)OCCO4)CC21)C(O)(c1ccccc1)C1CCCC1. The smallest absolute Gasteiger partial charge is 0.257 e. The van der Waals surface area contributed by atoms with E-state index in [0.29, 0.717) is 25.0 Å². The van der Waals surface area contributed by atoms with Crippen molar-refractivity contribution in [1.82, 2.24) is 10.2 Å². The second-order valence-corrected chi connectivity index (χ2v) is 10.1. The van der Waals surface area contributed by atoms with Gasteiger partial charge in [0.1, 0.15) is 13.2 Å². The number of piperidine rings is 1. The molecule has 2 aliphatic heterocycles. The Hall–Kier alpha value is -2.57. The lowest BCUT2D eigenvalue weighted by atomic mass is 9.79. The molecule has 0 radical (unpaired) electrons. The summed E-state index contributed by atoms with van der Waals surface area (Å²) in [5.41, 5.74) is 0.515. The zero-order valence-corrected chi connectivity index (χ0v) is 18.9. The first-order valence-electron chi connectivity index (χ1n) is 12.3. The van der Waals surface area contributed by atoms with Crippen LogP contribution in [-0.2, 0) is 16.9 Å². The van der Waals surface area contributed by atoms with Gasteiger partial charge in [-0.1, -0.05) is 49.2 Å². The Labute approximate surface area is 194 Å². The van der Waals surface area contributed by atoms with E-state index in [4.69, 9.17) is 9.47 Å². The highest BCUT2D eigenvalue weighted by Crippen LogP contribution is 2.48. The van der Waals surface area contributed by atoms with Crippen molar-refractivity contribution in [1.29, 1.82) is 0 Å². The molecule has 2 aliphatic carbocycles. The molecule has 1 saturated heterocycles. The Kier molecular flexibility index (Phi) is 5.30. The summed E-state index contributed by atoms with van der Waals surface area (Å²) in [4.78, 5) is 15.9. The Balaban J connectivity index is 1.08. The number of benzene rings is 2. The van der Waals surface area contributed by atoms with Gasteiger partial charge in [-0.05, 0) is 47.9 Å². The van der Waals surface area contributed by atoms with Crippen LogP contribution in [0.25, 0.3) is 0 Å². The van der Waals surface area contributed by atoms with Crippen molar-refractivity contribution in [3.63, 3.8) is 0 Å². The molecule has 2 heterocycles. The number of carbonyl (C=O) groups is 1. The number of fused-ring (bicyclic) bond motifs is 2.